The molecule has 0 saturated heterocycles. The summed E-state index contributed by atoms with van der Waals surface area (Å²) in [4.78, 5) is 27.6. The van der Waals surface area contributed by atoms with E-state index in [2.05, 4.69) is 12.2 Å². The third kappa shape index (κ3) is 6.93. The highest BCUT2D eigenvalue weighted by molar-refractivity contribution is 5.87. The molecule has 2 rings (SSSR count). The molecule has 156 valence electrons. The zero-order chi connectivity index (χ0) is 21.1. The Labute approximate surface area is 174 Å². The van der Waals surface area contributed by atoms with Crippen molar-refractivity contribution >= 4 is 11.8 Å². The number of ether oxygens (including phenoxy) is 1. The molecule has 1 atom stereocenters. The van der Waals surface area contributed by atoms with Crippen molar-refractivity contribution < 1.29 is 14.3 Å². The van der Waals surface area contributed by atoms with Crippen LogP contribution >= 0.6 is 0 Å². The van der Waals surface area contributed by atoms with E-state index in [4.69, 9.17) is 4.74 Å². The van der Waals surface area contributed by atoms with E-state index in [0.29, 0.717) is 25.9 Å². The van der Waals surface area contributed by atoms with E-state index in [-0.39, 0.29) is 11.8 Å². The maximum atomic E-state index is 13.1. The fourth-order valence-electron chi connectivity index (χ4n) is 3.23. The van der Waals surface area contributed by atoms with Crippen molar-refractivity contribution in [1.82, 2.24) is 10.2 Å². The summed E-state index contributed by atoms with van der Waals surface area (Å²) in [6.07, 6.45) is 2.75. The number of carbonyl (C=O) groups excluding carboxylic acids is 2. The Morgan fingerprint density at radius 1 is 1.03 bits per heavy atom. The zero-order valence-electron chi connectivity index (χ0n) is 17.7. The van der Waals surface area contributed by atoms with Crippen LogP contribution in [-0.4, -0.2) is 36.4 Å². The second-order valence-corrected chi connectivity index (χ2v) is 7.08. The number of benzene rings is 2. The molecule has 0 fully saturated rings. The minimum Gasteiger partial charge on any atom is -0.497 e. The van der Waals surface area contributed by atoms with Gasteiger partial charge in [-0.3, -0.25) is 9.59 Å². The first-order chi connectivity index (χ1) is 14.1. The standard InChI is InChI=1S/C24H32N2O3/c1-4-6-15-25-24(28)22(17-19-11-8-7-9-12-19)26(23(27)5-2)18-20-13-10-14-21(16-20)29-3/h7-14,16,22H,4-6,15,17-18H2,1-3H3,(H,25,28). The molecule has 0 saturated carbocycles. The molecule has 5 heteroatoms. The van der Waals surface area contributed by atoms with E-state index < -0.39 is 6.04 Å². The van der Waals surface area contributed by atoms with Gasteiger partial charge in [0.25, 0.3) is 0 Å². The zero-order valence-corrected chi connectivity index (χ0v) is 17.7. The maximum Gasteiger partial charge on any atom is 0.243 e. The quantitative estimate of drug-likeness (QED) is 0.585. The largest absolute Gasteiger partial charge is 0.497 e. The van der Waals surface area contributed by atoms with Crippen LogP contribution in [0.5, 0.6) is 5.75 Å². The Morgan fingerprint density at radius 2 is 1.76 bits per heavy atom. The Bertz CT molecular complexity index is 777. The predicted octanol–water partition coefficient (Wildman–Crippen LogP) is 3.96. The molecule has 2 aromatic rings. The Morgan fingerprint density at radius 3 is 2.41 bits per heavy atom. The van der Waals surface area contributed by atoms with Crippen molar-refractivity contribution in [3.05, 3.63) is 65.7 Å². The predicted molar refractivity (Wildman–Crippen MR) is 116 cm³/mol. The van der Waals surface area contributed by atoms with Gasteiger partial charge in [0.05, 0.1) is 7.11 Å². The van der Waals surface area contributed by atoms with Gasteiger partial charge in [0, 0.05) is 25.9 Å². The van der Waals surface area contributed by atoms with Gasteiger partial charge in [-0.1, -0.05) is 62.7 Å². The number of rotatable bonds is 11. The van der Waals surface area contributed by atoms with Crippen LogP contribution in [0.25, 0.3) is 0 Å². The van der Waals surface area contributed by atoms with Crippen molar-refractivity contribution in [2.75, 3.05) is 13.7 Å². The lowest BCUT2D eigenvalue weighted by Gasteiger charge is -2.31. The third-order valence-corrected chi connectivity index (χ3v) is 4.89. The lowest BCUT2D eigenvalue weighted by atomic mass is 10.0. The molecule has 0 aliphatic rings. The summed E-state index contributed by atoms with van der Waals surface area (Å²) in [5.41, 5.74) is 1.97. The van der Waals surface area contributed by atoms with E-state index in [1.165, 1.54) is 0 Å². The average molecular weight is 397 g/mol. The molecular weight excluding hydrogens is 364 g/mol. The molecule has 0 aliphatic heterocycles. The van der Waals surface area contributed by atoms with Gasteiger partial charge in [0.15, 0.2) is 0 Å². The number of amides is 2. The van der Waals surface area contributed by atoms with E-state index in [1.54, 1.807) is 12.0 Å². The molecule has 2 amide bonds. The van der Waals surface area contributed by atoms with E-state index in [0.717, 1.165) is 29.7 Å². The van der Waals surface area contributed by atoms with Crippen LogP contribution in [0, 0.1) is 0 Å². The molecule has 29 heavy (non-hydrogen) atoms. The van der Waals surface area contributed by atoms with Crippen LogP contribution in [0.2, 0.25) is 0 Å². The first kappa shape index (κ1) is 22.5. The third-order valence-electron chi connectivity index (χ3n) is 4.89. The average Bonchev–Trinajstić information content (AvgIpc) is 2.76. The highest BCUT2D eigenvalue weighted by atomic mass is 16.5. The SMILES string of the molecule is CCCCNC(=O)C(Cc1ccccc1)N(Cc1cccc(OC)c1)C(=O)CC. The van der Waals surface area contributed by atoms with Crippen molar-refractivity contribution in [2.24, 2.45) is 0 Å². The molecule has 0 radical (unpaired) electrons. The number of unbranched alkanes of at least 4 members (excludes halogenated alkanes) is 1. The van der Waals surface area contributed by atoms with Gasteiger partial charge in [-0.25, -0.2) is 0 Å². The first-order valence-corrected chi connectivity index (χ1v) is 10.3. The highest BCUT2D eigenvalue weighted by Crippen LogP contribution is 2.19. The van der Waals surface area contributed by atoms with Gasteiger partial charge in [-0.15, -0.1) is 0 Å². The fourth-order valence-corrected chi connectivity index (χ4v) is 3.23. The number of hydrogen-bond acceptors (Lipinski definition) is 3. The molecule has 0 aliphatic carbocycles. The highest BCUT2D eigenvalue weighted by Gasteiger charge is 2.29. The van der Waals surface area contributed by atoms with Gasteiger partial charge in [0.2, 0.25) is 11.8 Å². The van der Waals surface area contributed by atoms with Gasteiger partial charge in [-0.2, -0.15) is 0 Å². The minimum absolute atomic E-state index is 0.0422. The smallest absolute Gasteiger partial charge is 0.243 e. The molecule has 1 N–H and O–H groups in total. The molecule has 5 nitrogen and oxygen atoms in total. The van der Waals surface area contributed by atoms with Gasteiger partial charge in [-0.05, 0) is 29.7 Å². The molecule has 2 aromatic carbocycles. The lowest BCUT2D eigenvalue weighted by molar-refractivity contribution is -0.141. The summed E-state index contributed by atoms with van der Waals surface area (Å²) < 4.78 is 5.31. The monoisotopic (exact) mass is 396 g/mol. The summed E-state index contributed by atoms with van der Waals surface area (Å²) in [6, 6.07) is 16.9. The van der Waals surface area contributed by atoms with Crippen molar-refractivity contribution in [3.63, 3.8) is 0 Å². The summed E-state index contributed by atoms with van der Waals surface area (Å²) in [5.74, 6) is 0.588. The molecule has 0 heterocycles. The summed E-state index contributed by atoms with van der Waals surface area (Å²) >= 11 is 0. The van der Waals surface area contributed by atoms with E-state index >= 15 is 0 Å². The second-order valence-electron chi connectivity index (χ2n) is 7.08. The topological polar surface area (TPSA) is 58.6 Å². The Kier molecular flexibility index (Phi) is 9.22. The molecule has 1 unspecified atom stereocenters. The molecule has 0 spiro atoms. The normalized spacial score (nSPS) is 11.6. The fraction of sp³-hybridized carbons (Fsp3) is 0.417. The van der Waals surface area contributed by atoms with Crippen molar-refractivity contribution in [1.29, 1.82) is 0 Å². The minimum atomic E-state index is -0.562. The van der Waals surface area contributed by atoms with Crippen LogP contribution in [0.4, 0.5) is 0 Å². The van der Waals surface area contributed by atoms with Gasteiger partial charge < -0.3 is 15.0 Å². The summed E-state index contributed by atoms with van der Waals surface area (Å²) in [5, 5.41) is 3.01. The number of hydrogen-bond donors (Lipinski definition) is 1. The second kappa shape index (κ2) is 11.9. The van der Waals surface area contributed by atoms with E-state index in [1.807, 2.05) is 61.5 Å². The van der Waals surface area contributed by atoms with Crippen LogP contribution < -0.4 is 10.1 Å². The van der Waals surface area contributed by atoms with Crippen LogP contribution in [0.3, 0.4) is 0 Å². The maximum absolute atomic E-state index is 13.1. The van der Waals surface area contributed by atoms with E-state index in [9.17, 15) is 9.59 Å². The Balaban J connectivity index is 2.31. The lowest BCUT2D eigenvalue weighted by Crippen LogP contribution is -2.50. The van der Waals surface area contributed by atoms with Gasteiger partial charge in [0.1, 0.15) is 11.8 Å². The van der Waals surface area contributed by atoms with Crippen LogP contribution in [-0.2, 0) is 22.6 Å². The summed E-state index contributed by atoms with van der Waals surface area (Å²) in [7, 11) is 1.62. The van der Waals surface area contributed by atoms with Gasteiger partial charge >= 0.3 is 0 Å². The molecule has 0 aromatic heterocycles. The van der Waals surface area contributed by atoms with Crippen LogP contribution in [0.15, 0.2) is 54.6 Å². The number of carbonyl (C=O) groups is 2. The number of methoxy groups -OCH3 is 1. The Hall–Kier alpha value is -2.82. The molecule has 0 bridgehead atoms. The first-order valence-electron chi connectivity index (χ1n) is 10.3. The molecular formula is C24H32N2O3. The number of nitrogens with zero attached hydrogens (tertiary/aromatic N) is 1. The van der Waals surface area contributed by atoms with Crippen molar-refractivity contribution in [2.45, 2.75) is 52.1 Å². The van der Waals surface area contributed by atoms with Crippen molar-refractivity contribution in [3.8, 4) is 5.75 Å². The summed E-state index contributed by atoms with van der Waals surface area (Å²) in [6.45, 7) is 4.90. The van der Waals surface area contributed by atoms with Crippen LogP contribution in [0.1, 0.15) is 44.2 Å². The number of nitrogens with one attached hydrogen (secondary N) is 1.